The predicted molar refractivity (Wildman–Crippen MR) is 63.3 cm³/mol. The van der Waals surface area contributed by atoms with Crippen LogP contribution in [-0.4, -0.2) is 17.1 Å². The lowest BCUT2D eigenvalue weighted by Gasteiger charge is -2.21. The van der Waals surface area contributed by atoms with Crippen LogP contribution in [0.25, 0.3) is 0 Å². The molecule has 2 aliphatic heterocycles. The third-order valence-corrected chi connectivity index (χ3v) is 4.45. The highest BCUT2D eigenvalue weighted by molar-refractivity contribution is 8.01. The number of para-hydroxylation sites is 1. The molecule has 0 aromatic heterocycles. The number of nitrogens with one attached hydrogen (secondary N) is 1. The summed E-state index contributed by atoms with van der Waals surface area (Å²) in [7, 11) is 0. The fourth-order valence-corrected chi connectivity index (χ4v) is 3.56. The first-order valence-electron chi connectivity index (χ1n) is 5.44. The van der Waals surface area contributed by atoms with Gasteiger partial charge in [0.05, 0.1) is 6.10 Å². The van der Waals surface area contributed by atoms with Gasteiger partial charge in [-0.15, -0.1) is 0 Å². The van der Waals surface area contributed by atoms with Crippen molar-refractivity contribution >= 4 is 17.4 Å². The van der Waals surface area contributed by atoms with E-state index in [0.717, 1.165) is 6.42 Å². The summed E-state index contributed by atoms with van der Waals surface area (Å²) < 4.78 is 5.70. The topological polar surface area (TPSA) is 24.6 Å². The van der Waals surface area contributed by atoms with Gasteiger partial charge in [0.1, 0.15) is 11.0 Å². The average molecular weight is 221 g/mol. The van der Waals surface area contributed by atoms with Gasteiger partial charge in [0.25, 0.3) is 0 Å². The molecular formula is C12H15NOS. The fraction of sp³-hybridized carbons (Fsp3) is 0.500. The second-order valence-corrected chi connectivity index (χ2v) is 5.83. The zero-order valence-electron chi connectivity index (χ0n) is 8.99. The highest BCUT2D eigenvalue weighted by Gasteiger charge is 2.54. The third-order valence-electron chi connectivity index (χ3n) is 3.12. The molecule has 2 nitrogen and oxygen atoms in total. The van der Waals surface area contributed by atoms with E-state index in [2.05, 4.69) is 43.4 Å². The summed E-state index contributed by atoms with van der Waals surface area (Å²) in [6, 6.07) is 8.46. The maximum atomic E-state index is 5.70. The van der Waals surface area contributed by atoms with Crippen molar-refractivity contribution in [2.24, 2.45) is 0 Å². The van der Waals surface area contributed by atoms with Gasteiger partial charge in [-0.25, -0.2) is 0 Å². The van der Waals surface area contributed by atoms with Crippen molar-refractivity contribution in [2.75, 3.05) is 5.32 Å². The number of benzene rings is 1. The largest absolute Gasteiger partial charge is 0.368 e. The maximum Gasteiger partial charge on any atom is 0.117 e. The zero-order chi connectivity index (χ0) is 10.5. The molecule has 3 heteroatoms. The number of fused-ring (bicyclic) bond motifs is 1. The van der Waals surface area contributed by atoms with Gasteiger partial charge in [-0.05, 0) is 25.5 Å². The van der Waals surface area contributed by atoms with Crippen molar-refractivity contribution in [2.45, 2.75) is 42.2 Å². The molecule has 2 heterocycles. The molecule has 0 unspecified atom stereocenters. The minimum atomic E-state index is 0.0321. The summed E-state index contributed by atoms with van der Waals surface area (Å²) in [5, 5.41) is 3.58. The lowest BCUT2D eigenvalue weighted by Crippen LogP contribution is -2.34. The Kier molecular flexibility index (Phi) is 2.01. The first kappa shape index (κ1) is 9.55. The van der Waals surface area contributed by atoms with Crippen molar-refractivity contribution < 1.29 is 4.74 Å². The molecule has 0 spiro atoms. The molecule has 15 heavy (non-hydrogen) atoms. The van der Waals surface area contributed by atoms with Crippen molar-refractivity contribution in [3.8, 4) is 0 Å². The van der Waals surface area contributed by atoms with Crippen LogP contribution in [0.4, 0.5) is 5.69 Å². The average Bonchev–Trinajstić information content (AvgIpc) is 2.95. The molecule has 3 rings (SSSR count). The van der Waals surface area contributed by atoms with Crippen molar-refractivity contribution in [1.29, 1.82) is 0 Å². The molecule has 1 aromatic rings. The minimum absolute atomic E-state index is 0.0321. The predicted octanol–water partition coefficient (Wildman–Crippen LogP) is 3.10. The van der Waals surface area contributed by atoms with Gasteiger partial charge in [0, 0.05) is 10.6 Å². The number of thioether (sulfide) groups is 1. The van der Waals surface area contributed by atoms with Gasteiger partial charge >= 0.3 is 0 Å². The summed E-state index contributed by atoms with van der Waals surface area (Å²) in [5.74, 6) is 0. The second-order valence-electron chi connectivity index (χ2n) is 4.33. The Morgan fingerprint density at radius 2 is 2.27 bits per heavy atom. The van der Waals surface area contributed by atoms with E-state index in [0.29, 0.717) is 12.2 Å². The van der Waals surface area contributed by atoms with E-state index < -0.39 is 0 Å². The molecule has 80 valence electrons. The van der Waals surface area contributed by atoms with Crippen LogP contribution in [0.2, 0.25) is 0 Å². The Hall–Kier alpha value is -0.670. The standard InChI is InChI=1S/C12H15NOS/c1-3-9-11(14-9)12(2)13-8-6-4-5-7-10(8)15-12/h4-7,9,11,13H,3H2,1-2H3/t9-,11-,12+/m1/s1. The van der Waals surface area contributed by atoms with Gasteiger partial charge in [-0.1, -0.05) is 30.8 Å². The van der Waals surface area contributed by atoms with E-state index >= 15 is 0 Å². The molecule has 1 N–H and O–H groups in total. The first-order chi connectivity index (χ1) is 7.23. The molecule has 0 radical (unpaired) electrons. The van der Waals surface area contributed by atoms with E-state index in [1.54, 1.807) is 0 Å². The van der Waals surface area contributed by atoms with E-state index in [4.69, 9.17) is 4.74 Å². The first-order valence-corrected chi connectivity index (χ1v) is 6.26. The van der Waals surface area contributed by atoms with Gasteiger partial charge in [0.15, 0.2) is 0 Å². The minimum Gasteiger partial charge on any atom is -0.368 e. The van der Waals surface area contributed by atoms with Crippen LogP contribution in [0.5, 0.6) is 0 Å². The lowest BCUT2D eigenvalue weighted by atomic mass is 10.1. The molecule has 3 atom stereocenters. The molecule has 0 bridgehead atoms. The highest BCUT2D eigenvalue weighted by atomic mass is 32.2. The molecule has 1 fully saturated rings. The molecule has 0 aliphatic carbocycles. The van der Waals surface area contributed by atoms with Crippen molar-refractivity contribution in [3.63, 3.8) is 0 Å². The molecule has 0 amide bonds. The number of rotatable bonds is 2. The van der Waals surface area contributed by atoms with E-state index in [9.17, 15) is 0 Å². The Bertz CT molecular complexity index is 368. The van der Waals surface area contributed by atoms with Gasteiger partial charge in [0.2, 0.25) is 0 Å². The van der Waals surface area contributed by atoms with Gasteiger partial charge in [-0.3, -0.25) is 0 Å². The summed E-state index contributed by atoms with van der Waals surface area (Å²) in [4.78, 5) is 1.37. The number of ether oxygens (including phenoxy) is 1. The Balaban J connectivity index is 1.83. The molecule has 1 saturated heterocycles. The van der Waals surface area contributed by atoms with Crippen LogP contribution < -0.4 is 5.32 Å². The smallest absolute Gasteiger partial charge is 0.117 e. The van der Waals surface area contributed by atoms with Crippen LogP contribution in [0.15, 0.2) is 29.2 Å². The Labute approximate surface area is 94.4 Å². The normalized spacial score (nSPS) is 37.2. The molecule has 2 aliphatic rings. The van der Waals surface area contributed by atoms with Crippen LogP contribution in [0, 0.1) is 0 Å². The molecular weight excluding hydrogens is 206 g/mol. The van der Waals surface area contributed by atoms with E-state index in [1.165, 1.54) is 10.6 Å². The number of epoxide rings is 1. The lowest BCUT2D eigenvalue weighted by molar-refractivity contribution is 0.348. The summed E-state index contributed by atoms with van der Waals surface area (Å²) in [5.41, 5.74) is 1.25. The van der Waals surface area contributed by atoms with Crippen molar-refractivity contribution in [3.05, 3.63) is 24.3 Å². The van der Waals surface area contributed by atoms with Gasteiger partial charge in [-0.2, -0.15) is 0 Å². The second kappa shape index (κ2) is 3.16. The molecule has 0 saturated carbocycles. The molecule has 1 aromatic carbocycles. The highest BCUT2D eigenvalue weighted by Crippen LogP contribution is 2.52. The fourth-order valence-electron chi connectivity index (χ4n) is 2.25. The van der Waals surface area contributed by atoms with Crippen LogP contribution in [0.1, 0.15) is 20.3 Å². The SMILES string of the molecule is CC[C@H]1O[C@H]1[C@@]1(C)Nc2ccccc2S1. The number of anilines is 1. The third kappa shape index (κ3) is 1.45. The van der Waals surface area contributed by atoms with Gasteiger partial charge < -0.3 is 10.1 Å². The van der Waals surface area contributed by atoms with Crippen LogP contribution in [-0.2, 0) is 4.74 Å². The Morgan fingerprint density at radius 3 is 2.93 bits per heavy atom. The number of hydrogen-bond acceptors (Lipinski definition) is 3. The summed E-state index contributed by atoms with van der Waals surface area (Å²) >= 11 is 1.89. The van der Waals surface area contributed by atoms with Crippen LogP contribution in [0.3, 0.4) is 0 Å². The summed E-state index contributed by atoms with van der Waals surface area (Å²) in [6.07, 6.45) is 1.92. The van der Waals surface area contributed by atoms with Crippen LogP contribution >= 0.6 is 11.8 Å². The van der Waals surface area contributed by atoms with E-state index in [-0.39, 0.29) is 4.87 Å². The maximum absolute atomic E-state index is 5.70. The quantitative estimate of drug-likeness (QED) is 0.777. The van der Waals surface area contributed by atoms with Crippen molar-refractivity contribution in [1.82, 2.24) is 0 Å². The summed E-state index contributed by atoms with van der Waals surface area (Å²) in [6.45, 7) is 4.42. The Morgan fingerprint density at radius 1 is 1.47 bits per heavy atom. The number of hydrogen-bond donors (Lipinski definition) is 1. The zero-order valence-corrected chi connectivity index (χ0v) is 9.80. The monoisotopic (exact) mass is 221 g/mol. The van der Waals surface area contributed by atoms with E-state index in [1.807, 2.05) is 11.8 Å².